The van der Waals surface area contributed by atoms with E-state index in [4.69, 9.17) is 16.7 Å². The number of nitrogens with zero attached hydrogens (tertiary/aromatic N) is 2. The molecule has 0 aliphatic heterocycles. The molecule has 0 atom stereocenters. The van der Waals surface area contributed by atoms with E-state index in [0.29, 0.717) is 28.6 Å². The fraction of sp³-hybridized carbons (Fsp3) is 0.429. The molecule has 2 heterocycles. The average molecular weight is 296 g/mol. The first kappa shape index (κ1) is 14.8. The van der Waals surface area contributed by atoms with E-state index < -0.39 is 0 Å². The van der Waals surface area contributed by atoms with Crippen molar-refractivity contribution in [3.8, 4) is 0 Å². The van der Waals surface area contributed by atoms with E-state index in [-0.39, 0.29) is 12.5 Å². The number of halogens is 1. The number of aromatic nitrogens is 2. The number of aryl methyl sites for hydroxylation is 1. The van der Waals surface area contributed by atoms with E-state index in [1.807, 2.05) is 6.92 Å². The number of aliphatic hydroxyl groups excluding tert-OH is 1. The molecule has 1 amide bonds. The first-order chi connectivity index (χ1) is 9.63. The third kappa shape index (κ3) is 3.29. The molecule has 2 rings (SSSR count). The molecule has 20 heavy (non-hydrogen) atoms. The molecule has 0 aliphatic carbocycles. The maximum absolute atomic E-state index is 12.2. The van der Waals surface area contributed by atoms with Gasteiger partial charge in [-0.25, -0.2) is 4.98 Å². The van der Waals surface area contributed by atoms with Gasteiger partial charge in [0.1, 0.15) is 11.3 Å². The van der Waals surface area contributed by atoms with Crippen LogP contribution in [0.15, 0.2) is 18.3 Å². The normalized spacial score (nSPS) is 10.9. The van der Waals surface area contributed by atoms with Crippen molar-refractivity contribution in [1.29, 1.82) is 0 Å². The molecule has 0 aromatic carbocycles. The molecule has 0 radical (unpaired) electrons. The third-order valence-electron chi connectivity index (χ3n) is 3.09. The summed E-state index contributed by atoms with van der Waals surface area (Å²) < 4.78 is 1.71. The van der Waals surface area contributed by atoms with Crippen LogP contribution in [0.25, 0.3) is 5.65 Å². The first-order valence-electron chi connectivity index (χ1n) is 6.66. The number of hydrogen-bond acceptors (Lipinski definition) is 3. The maximum Gasteiger partial charge on any atom is 0.270 e. The first-order valence-corrected chi connectivity index (χ1v) is 7.04. The third-order valence-corrected chi connectivity index (χ3v) is 3.32. The van der Waals surface area contributed by atoms with Crippen LogP contribution in [0, 0.1) is 6.92 Å². The molecule has 5 nitrogen and oxygen atoms in total. The summed E-state index contributed by atoms with van der Waals surface area (Å²) in [7, 11) is 0. The van der Waals surface area contributed by atoms with Gasteiger partial charge in [0.05, 0.1) is 10.7 Å². The number of imidazole rings is 1. The lowest BCUT2D eigenvalue weighted by atomic mass is 10.2. The SMILES string of the molecule is Cc1nc2ccc(Cl)cn2c1C(=O)NCCCCCO. The number of nitrogens with one attached hydrogen (secondary N) is 1. The van der Waals surface area contributed by atoms with Crippen molar-refractivity contribution >= 4 is 23.2 Å². The van der Waals surface area contributed by atoms with Crippen molar-refractivity contribution in [2.24, 2.45) is 0 Å². The smallest absolute Gasteiger partial charge is 0.270 e. The summed E-state index contributed by atoms with van der Waals surface area (Å²) in [6, 6.07) is 3.53. The molecule has 0 aliphatic rings. The molecule has 2 aromatic heterocycles. The second-order valence-electron chi connectivity index (χ2n) is 4.66. The van der Waals surface area contributed by atoms with Crippen LogP contribution in [-0.2, 0) is 0 Å². The molecule has 0 unspecified atom stereocenters. The van der Waals surface area contributed by atoms with Gasteiger partial charge in [0.2, 0.25) is 0 Å². The summed E-state index contributed by atoms with van der Waals surface area (Å²) >= 11 is 5.96. The monoisotopic (exact) mass is 295 g/mol. The van der Waals surface area contributed by atoms with Crippen LogP contribution < -0.4 is 5.32 Å². The van der Waals surface area contributed by atoms with Crippen LogP contribution in [0.4, 0.5) is 0 Å². The molecule has 0 saturated heterocycles. The highest BCUT2D eigenvalue weighted by Gasteiger charge is 2.16. The number of rotatable bonds is 6. The molecule has 0 fully saturated rings. The summed E-state index contributed by atoms with van der Waals surface area (Å²) in [6.07, 6.45) is 4.20. The second-order valence-corrected chi connectivity index (χ2v) is 5.10. The Bertz CT molecular complexity index is 610. The Balaban J connectivity index is 2.09. The number of unbranched alkanes of at least 4 members (excludes halogenated alkanes) is 2. The zero-order valence-electron chi connectivity index (χ0n) is 11.4. The molecule has 108 valence electrons. The lowest BCUT2D eigenvalue weighted by molar-refractivity contribution is 0.0946. The Morgan fingerprint density at radius 2 is 2.20 bits per heavy atom. The van der Waals surface area contributed by atoms with Crippen molar-refractivity contribution in [1.82, 2.24) is 14.7 Å². The minimum atomic E-state index is -0.152. The van der Waals surface area contributed by atoms with Crippen molar-refractivity contribution in [2.45, 2.75) is 26.2 Å². The highest BCUT2D eigenvalue weighted by Crippen LogP contribution is 2.16. The lowest BCUT2D eigenvalue weighted by Crippen LogP contribution is -2.26. The van der Waals surface area contributed by atoms with Crippen LogP contribution in [0.3, 0.4) is 0 Å². The Labute approximate surface area is 122 Å². The number of pyridine rings is 1. The number of carbonyl (C=O) groups excluding carboxylic acids is 1. The fourth-order valence-electron chi connectivity index (χ4n) is 2.11. The van der Waals surface area contributed by atoms with Crippen molar-refractivity contribution in [3.63, 3.8) is 0 Å². The Kier molecular flexibility index (Phi) is 4.98. The molecule has 2 N–H and O–H groups in total. The van der Waals surface area contributed by atoms with Gasteiger partial charge < -0.3 is 10.4 Å². The fourth-order valence-corrected chi connectivity index (χ4v) is 2.27. The molecule has 6 heteroatoms. The predicted molar refractivity (Wildman–Crippen MR) is 78.2 cm³/mol. The Morgan fingerprint density at radius 1 is 1.40 bits per heavy atom. The molecule has 0 spiro atoms. The van der Waals surface area contributed by atoms with E-state index in [2.05, 4.69) is 10.3 Å². The molecule has 0 bridgehead atoms. The van der Waals surface area contributed by atoms with Gasteiger partial charge >= 0.3 is 0 Å². The maximum atomic E-state index is 12.2. The van der Waals surface area contributed by atoms with Crippen molar-refractivity contribution in [3.05, 3.63) is 34.7 Å². The summed E-state index contributed by atoms with van der Waals surface area (Å²) in [5.74, 6) is -0.152. The van der Waals surface area contributed by atoms with Crippen LogP contribution in [0.2, 0.25) is 5.02 Å². The number of amides is 1. The quantitative estimate of drug-likeness (QED) is 0.803. The largest absolute Gasteiger partial charge is 0.396 e. The van der Waals surface area contributed by atoms with Crippen molar-refractivity contribution in [2.75, 3.05) is 13.2 Å². The van der Waals surface area contributed by atoms with Gasteiger partial charge in [0, 0.05) is 19.3 Å². The molecule has 0 saturated carbocycles. The van der Waals surface area contributed by atoms with Crippen LogP contribution in [0.1, 0.15) is 35.4 Å². The van der Waals surface area contributed by atoms with E-state index in [0.717, 1.165) is 19.3 Å². The molecular weight excluding hydrogens is 278 g/mol. The molecular formula is C14H18ClN3O2. The van der Waals surface area contributed by atoms with E-state index in [1.165, 1.54) is 0 Å². The lowest BCUT2D eigenvalue weighted by Gasteiger charge is -2.06. The van der Waals surface area contributed by atoms with Gasteiger partial charge in [0.25, 0.3) is 5.91 Å². The minimum absolute atomic E-state index is 0.152. The molecule has 2 aromatic rings. The van der Waals surface area contributed by atoms with Gasteiger partial charge in [0.15, 0.2) is 0 Å². The summed E-state index contributed by atoms with van der Waals surface area (Å²) in [5, 5.41) is 12.1. The van der Waals surface area contributed by atoms with Crippen molar-refractivity contribution < 1.29 is 9.90 Å². The number of aliphatic hydroxyl groups is 1. The summed E-state index contributed by atoms with van der Waals surface area (Å²) in [6.45, 7) is 2.59. The number of carbonyl (C=O) groups is 1. The van der Waals surface area contributed by atoms with Crippen LogP contribution in [0.5, 0.6) is 0 Å². The predicted octanol–water partition coefficient (Wildman–Crippen LogP) is 2.19. The second kappa shape index (κ2) is 6.72. The van der Waals surface area contributed by atoms with Gasteiger partial charge in [-0.2, -0.15) is 0 Å². The van der Waals surface area contributed by atoms with Gasteiger partial charge in [-0.05, 0) is 38.3 Å². The van der Waals surface area contributed by atoms with Crippen LogP contribution >= 0.6 is 11.6 Å². The van der Waals surface area contributed by atoms with Gasteiger partial charge in [-0.1, -0.05) is 11.6 Å². The highest BCUT2D eigenvalue weighted by molar-refractivity contribution is 6.30. The zero-order chi connectivity index (χ0) is 14.5. The summed E-state index contributed by atoms with van der Waals surface area (Å²) in [4.78, 5) is 16.6. The number of hydrogen-bond donors (Lipinski definition) is 2. The highest BCUT2D eigenvalue weighted by atomic mass is 35.5. The minimum Gasteiger partial charge on any atom is -0.396 e. The number of fused-ring (bicyclic) bond motifs is 1. The Morgan fingerprint density at radius 3 is 2.95 bits per heavy atom. The summed E-state index contributed by atoms with van der Waals surface area (Å²) in [5.41, 5.74) is 1.90. The standard InChI is InChI=1S/C14H18ClN3O2/c1-10-13(14(20)16-7-3-2-4-8-19)18-9-11(15)5-6-12(18)17-10/h5-6,9,19H,2-4,7-8H2,1H3,(H,16,20). The van der Waals surface area contributed by atoms with E-state index >= 15 is 0 Å². The Hall–Kier alpha value is -1.59. The zero-order valence-corrected chi connectivity index (χ0v) is 12.2. The van der Waals surface area contributed by atoms with E-state index in [1.54, 1.807) is 22.7 Å². The van der Waals surface area contributed by atoms with E-state index in [9.17, 15) is 4.79 Å². The van der Waals surface area contributed by atoms with Gasteiger partial charge in [-0.3, -0.25) is 9.20 Å². The average Bonchev–Trinajstić information content (AvgIpc) is 2.73. The van der Waals surface area contributed by atoms with Gasteiger partial charge in [-0.15, -0.1) is 0 Å². The van der Waals surface area contributed by atoms with Crippen LogP contribution in [-0.4, -0.2) is 33.6 Å². The topological polar surface area (TPSA) is 66.6 Å².